The first-order valence-corrected chi connectivity index (χ1v) is 6.07. The van der Waals surface area contributed by atoms with Gasteiger partial charge in [-0.2, -0.15) is 23.4 Å². The van der Waals surface area contributed by atoms with Gasteiger partial charge in [-0.05, 0) is 31.2 Å². The number of hydrogen-bond donors (Lipinski definition) is 0. The van der Waals surface area contributed by atoms with E-state index in [1.54, 1.807) is 0 Å². The van der Waals surface area contributed by atoms with Crippen LogP contribution >= 0.6 is 11.6 Å². The number of nitrogens with zero attached hydrogens (tertiary/aromatic N) is 2. The van der Waals surface area contributed by atoms with Crippen molar-refractivity contribution >= 4 is 29.0 Å². The Morgan fingerprint density at radius 2 is 1.86 bits per heavy atom. The van der Waals surface area contributed by atoms with Gasteiger partial charge in [-0.1, -0.05) is 11.6 Å². The van der Waals surface area contributed by atoms with E-state index >= 15 is 0 Å². The molecule has 0 saturated carbocycles. The SMILES string of the molecule is CCOC(=O)C(N=Nc1ccc(Cl)cc1)C(=O)C(F)(F)F. The van der Waals surface area contributed by atoms with E-state index in [1.165, 1.54) is 31.2 Å². The number of Topliss-reactive ketones (excluding diaryl/α,β-unsaturated/α-hetero) is 1. The van der Waals surface area contributed by atoms with Gasteiger partial charge in [0.2, 0.25) is 6.04 Å². The molecular weight excluding hydrogens is 313 g/mol. The second kappa shape index (κ2) is 7.16. The van der Waals surface area contributed by atoms with Crippen molar-refractivity contribution in [3.05, 3.63) is 29.3 Å². The molecule has 0 aliphatic heterocycles. The van der Waals surface area contributed by atoms with E-state index in [4.69, 9.17) is 11.6 Å². The van der Waals surface area contributed by atoms with Gasteiger partial charge in [-0.25, -0.2) is 4.79 Å². The van der Waals surface area contributed by atoms with Gasteiger partial charge in [0.25, 0.3) is 5.78 Å². The lowest BCUT2D eigenvalue weighted by atomic mass is 10.2. The summed E-state index contributed by atoms with van der Waals surface area (Å²) >= 11 is 5.63. The third kappa shape index (κ3) is 5.14. The third-order valence-corrected chi connectivity index (χ3v) is 2.40. The van der Waals surface area contributed by atoms with Crippen LogP contribution in [0.15, 0.2) is 34.5 Å². The second-order valence-electron chi connectivity index (χ2n) is 3.71. The maximum atomic E-state index is 12.4. The molecule has 0 radical (unpaired) electrons. The van der Waals surface area contributed by atoms with Crippen LogP contribution in [-0.4, -0.2) is 30.6 Å². The van der Waals surface area contributed by atoms with Crippen molar-refractivity contribution in [3.63, 3.8) is 0 Å². The van der Waals surface area contributed by atoms with Crippen LogP contribution < -0.4 is 0 Å². The van der Waals surface area contributed by atoms with E-state index in [1.807, 2.05) is 0 Å². The normalized spacial score (nSPS) is 13.2. The smallest absolute Gasteiger partial charge is 0.453 e. The summed E-state index contributed by atoms with van der Waals surface area (Å²) in [5.41, 5.74) is 0.142. The van der Waals surface area contributed by atoms with Crippen LogP contribution in [0.25, 0.3) is 0 Å². The Balaban J connectivity index is 2.99. The molecule has 114 valence electrons. The molecule has 1 unspecified atom stereocenters. The number of rotatable bonds is 5. The Kier molecular flexibility index (Phi) is 5.83. The molecule has 0 bridgehead atoms. The summed E-state index contributed by atoms with van der Waals surface area (Å²) in [4.78, 5) is 22.5. The minimum Gasteiger partial charge on any atom is -0.464 e. The first kappa shape index (κ1) is 17.1. The van der Waals surface area contributed by atoms with Gasteiger partial charge >= 0.3 is 12.1 Å². The Hall–Kier alpha value is -1.96. The monoisotopic (exact) mass is 322 g/mol. The zero-order valence-corrected chi connectivity index (χ0v) is 11.5. The molecule has 0 aromatic heterocycles. The van der Waals surface area contributed by atoms with Crippen LogP contribution in [0.1, 0.15) is 6.92 Å². The first-order valence-electron chi connectivity index (χ1n) is 5.69. The van der Waals surface area contributed by atoms with E-state index in [0.717, 1.165) is 0 Å². The Labute approximate surface area is 122 Å². The summed E-state index contributed by atoms with van der Waals surface area (Å²) in [7, 11) is 0. The van der Waals surface area contributed by atoms with Gasteiger partial charge in [0, 0.05) is 5.02 Å². The molecular formula is C12H10ClF3N2O3. The minimum atomic E-state index is -5.21. The van der Waals surface area contributed by atoms with Crippen molar-refractivity contribution in [2.75, 3.05) is 6.61 Å². The fourth-order valence-corrected chi connectivity index (χ4v) is 1.34. The molecule has 1 atom stereocenters. The van der Waals surface area contributed by atoms with Crippen molar-refractivity contribution in [1.29, 1.82) is 0 Å². The van der Waals surface area contributed by atoms with E-state index in [-0.39, 0.29) is 12.3 Å². The number of ether oxygens (including phenoxy) is 1. The van der Waals surface area contributed by atoms with Crippen LogP contribution in [0.3, 0.4) is 0 Å². The largest absolute Gasteiger partial charge is 0.464 e. The molecule has 0 aliphatic carbocycles. The average molecular weight is 323 g/mol. The second-order valence-corrected chi connectivity index (χ2v) is 4.14. The molecule has 5 nitrogen and oxygen atoms in total. The number of alkyl halides is 3. The van der Waals surface area contributed by atoms with Gasteiger partial charge in [-0.15, -0.1) is 0 Å². The van der Waals surface area contributed by atoms with Crippen molar-refractivity contribution < 1.29 is 27.5 Å². The minimum absolute atomic E-state index is 0.142. The quantitative estimate of drug-likeness (QED) is 0.473. The van der Waals surface area contributed by atoms with Crippen LogP contribution in [0.2, 0.25) is 5.02 Å². The summed E-state index contributed by atoms with van der Waals surface area (Å²) in [6.07, 6.45) is -5.21. The highest BCUT2D eigenvalue weighted by Crippen LogP contribution is 2.22. The van der Waals surface area contributed by atoms with Crippen molar-refractivity contribution in [2.45, 2.75) is 19.1 Å². The van der Waals surface area contributed by atoms with Gasteiger partial charge in [-0.3, -0.25) is 4.79 Å². The van der Waals surface area contributed by atoms with Crippen LogP contribution in [0, 0.1) is 0 Å². The third-order valence-electron chi connectivity index (χ3n) is 2.15. The first-order chi connectivity index (χ1) is 9.75. The number of azo groups is 1. The molecule has 0 aliphatic rings. The Bertz CT molecular complexity index is 544. The molecule has 0 heterocycles. The Morgan fingerprint density at radius 3 is 2.33 bits per heavy atom. The fourth-order valence-electron chi connectivity index (χ4n) is 1.21. The number of carbonyl (C=O) groups is 2. The number of benzene rings is 1. The van der Waals surface area contributed by atoms with E-state index in [2.05, 4.69) is 15.0 Å². The standard InChI is InChI=1S/C12H10ClF3N2O3/c1-2-21-11(20)9(10(19)12(14,15)16)18-17-8-5-3-7(13)4-6-8/h3-6,9H,2H2,1H3. The van der Waals surface area contributed by atoms with Gasteiger partial charge in [0.05, 0.1) is 12.3 Å². The molecule has 1 rings (SSSR count). The van der Waals surface area contributed by atoms with E-state index in [0.29, 0.717) is 5.02 Å². The van der Waals surface area contributed by atoms with Gasteiger partial charge in [0.15, 0.2) is 0 Å². The lowest BCUT2D eigenvalue weighted by Gasteiger charge is -2.11. The number of esters is 1. The summed E-state index contributed by atoms with van der Waals surface area (Å²) in [5.74, 6) is -3.74. The van der Waals surface area contributed by atoms with Crippen molar-refractivity contribution in [1.82, 2.24) is 0 Å². The molecule has 0 fully saturated rings. The summed E-state index contributed by atoms with van der Waals surface area (Å²) in [6.45, 7) is 1.21. The van der Waals surface area contributed by atoms with Crippen LogP contribution in [0.4, 0.5) is 18.9 Å². The lowest BCUT2D eigenvalue weighted by molar-refractivity contribution is -0.176. The predicted octanol–water partition coefficient (Wildman–Crippen LogP) is 3.49. The van der Waals surface area contributed by atoms with Crippen LogP contribution in [0.5, 0.6) is 0 Å². The summed E-state index contributed by atoms with van der Waals surface area (Å²) in [5, 5.41) is 6.97. The highest BCUT2D eigenvalue weighted by Gasteiger charge is 2.47. The molecule has 1 aromatic rings. The number of hydrogen-bond acceptors (Lipinski definition) is 5. The summed E-state index contributed by atoms with van der Waals surface area (Å²) < 4.78 is 41.6. The van der Waals surface area contributed by atoms with Crippen molar-refractivity contribution in [3.8, 4) is 0 Å². The zero-order chi connectivity index (χ0) is 16.0. The molecule has 0 N–H and O–H groups in total. The number of ketones is 1. The summed E-state index contributed by atoms with van der Waals surface area (Å²) in [6, 6.07) is 3.22. The molecule has 9 heteroatoms. The van der Waals surface area contributed by atoms with Gasteiger partial charge in [0.1, 0.15) is 0 Å². The number of halogens is 4. The topological polar surface area (TPSA) is 68.1 Å². The molecule has 0 amide bonds. The molecule has 0 saturated heterocycles. The van der Waals surface area contributed by atoms with E-state index < -0.39 is 24.0 Å². The predicted molar refractivity (Wildman–Crippen MR) is 67.5 cm³/mol. The van der Waals surface area contributed by atoms with Crippen LogP contribution in [-0.2, 0) is 14.3 Å². The van der Waals surface area contributed by atoms with Gasteiger partial charge < -0.3 is 4.74 Å². The van der Waals surface area contributed by atoms with Crippen molar-refractivity contribution in [2.24, 2.45) is 10.2 Å². The highest BCUT2D eigenvalue weighted by atomic mass is 35.5. The molecule has 21 heavy (non-hydrogen) atoms. The zero-order valence-electron chi connectivity index (χ0n) is 10.7. The molecule has 1 aromatic carbocycles. The Morgan fingerprint density at radius 1 is 1.29 bits per heavy atom. The van der Waals surface area contributed by atoms with E-state index in [9.17, 15) is 22.8 Å². The number of carbonyl (C=O) groups excluding carboxylic acids is 2. The maximum absolute atomic E-state index is 12.4. The fraction of sp³-hybridized carbons (Fsp3) is 0.333. The average Bonchev–Trinajstić information content (AvgIpc) is 2.40. The highest BCUT2D eigenvalue weighted by molar-refractivity contribution is 6.30. The maximum Gasteiger partial charge on any atom is 0.453 e. The molecule has 0 spiro atoms. The lowest BCUT2D eigenvalue weighted by Crippen LogP contribution is -2.39.